The molecule has 0 unspecified atom stereocenters. The third kappa shape index (κ3) is 1.67. The van der Waals surface area contributed by atoms with Crippen molar-refractivity contribution >= 4 is 0 Å². The third-order valence-electron chi connectivity index (χ3n) is 1.58. The Hall–Kier alpha value is -0.420. The van der Waals surface area contributed by atoms with Gasteiger partial charge in [-0.05, 0) is 0 Å². The first-order valence-corrected chi connectivity index (χ1v) is 3.07. The van der Waals surface area contributed by atoms with Crippen LogP contribution in [-0.4, -0.2) is 24.2 Å². The summed E-state index contributed by atoms with van der Waals surface area (Å²) < 4.78 is 73.0. The van der Waals surface area contributed by atoms with Crippen LogP contribution in [0.25, 0.3) is 0 Å². The Morgan fingerprint density at radius 2 is 1.08 bits per heavy atom. The van der Waals surface area contributed by atoms with Gasteiger partial charge in [0, 0.05) is 13.8 Å². The van der Waals surface area contributed by atoms with Crippen LogP contribution in [0.5, 0.6) is 0 Å². The van der Waals surface area contributed by atoms with E-state index >= 15 is 0 Å². The van der Waals surface area contributed by atoms with E-state index in [4.69, 9.17) is 0 Å². The van der Waals surface area contributed by atoms with Gasteiger partial charge in [0.15, 0.2) is 0 Å². The number of hydrogen-bond donors (Lipinski definition) is 0. The highest BCUT2D eigenvalue weighted by Gasteiger charge is 2.65. The highest BCUT2D eigenvalue weighted by Crippen LogP contribution is 2.44. The molecule has 0 aromatic rings. The smallest absolute Gasteiger partial charge is 0.247 e. The molecule has 0 aliphatic rings. The van der Waals surface area contributed by atoms with Gasteiger partial charge in [0.05, 0.1) is 0 Å². The third-order valence-corrected chi connectivity index (χ3v) is 1.58. The molecule has 0 saturated carbocycles. The zero-order valence-electron chi connectivity index (χ0n) is 6.47. The van der Waals surface area contributed by atoms with Crippen LogP contribution in [0.15, 0.2) is 0 Å². The lowest BCUT2D eigenvalue weighted by Crippen LogP contribution is -2.56. The lowest BCUT2D eigenvalue weighted by molar-refractivity contribution is -0.238. The van der Waals surface area contributed by atoms with Crippen LogP contribution in [-0.2, 0) is 0 Å². The first kappa shape index (κ1) is 11.6. The van der Waals surface area contributed by atoms with E-state index in [9.17, 15) is 26.3 Å². The maximum atomic E-state index is 12.7. The van der Waals surface area contributed by atoms with Crippen LogP contribution in [0.1, 0.15) is 13.8 Å². The predicted octanol–water partition coefficient (Wildman–Crippen LogP) is 2.97. The molecule has 12 heavy (non-hydrogen) atoms. The molecule has 0 aromatic heterocycles. The van der Waals surface area contributed by atoms with Crippen LogP contribution >= 0.6 is 0 Å². The van der Waals surface area contributed by atoms with E-state index in [1.54, 1.807) is 0 Å². The molecular formula is C6H8F6. The molecule has 0 atom stereocenters. The monoisotopic (exact) mass is 194 g/mol. The molecule has 0 heterocycles. The SMILES string of the molecule is CC(F)(F)C(F)(CF)C(C)(F)F. The molecule has 0 saturated heterocycles. The van der Waals surface area contributed by atoms with Gasteiger partial charge >= 0.3 is 0 Å². The van der Waals surface area contributed by atoms with E-state index in [-0.39, 0.29) is 13.8 Å². The molecule has 0 rings (SSSR count). The minimum Gasteiger partial charge on any atom is -0.247 e. The van der Waals surface area contributed by atoms with Crippen molar-refractivity contribution < 1.29 is 26.3 Å². The summed E-state index contributed by atoms with van der Waals surface area (Å²) in [6.45, 7) is -2.58. The standard InChI is InChI=1S/C6H8F6/c1-4(8,9)6(12,3-7)5(2,10)11/h3H2,1-2H3. The van der Waals surface area contributed by atoms with E-state index in [1.807, 2.05) is 0 Å². The summed E-state index contributed by atoms with van der Waals surface area (Å²) >= 11 is 0. The van der Waals surface area contributed by atoms with Crippen molar-refractivity contribution in [3.05, 3.63) is 0 Å². The maximum absolute atomic E-state index is 12.7. The van der Waals surface area contributed by atoms with Crippen LogP contribution in [0.4, 0.5) is 26.3 Å². The van der Waals surface area contributed by atoms with Crippen molar-refractivity contribution in [3.63, 3.8) is 0 Å². The summed E-state index contributed by atoms with van der Waals surface area (Å²) in [4.78, 5) is 0. The molecule has 0 radical (unpaired) electrons. The number of halogens is 6. The fourth-order valence-corrected chi connectivity index (χ4v) is 0.620. The summed E-state index contributed by atoms with van der Waals surface area (Å²) in [5, 5.41) is 0. The number of hydrogen-bond acceptors (Lipinski definition) is 0. The Morgan fingerprint density at radius 3 is 1.08 bits per heavy atom. The maximum Gasteiger partial charge on any atom is 0.287 e. The second kappa shape index (κ2) is 2.81. The number of alkyl halides is 6. The van der Waals surface area contributed by atoms with E-state index in [2.05, 4.69) is 0 Å². The minimum atomic E-state index is -4.42. The van der Waals surface area contributed by atoms with Crippen LogP contribution in [0.3, 0.4) is 0 Å². The Labute approximate surface area is 65.6 Å². The normalized spacial score (nSPS) is 15.0. The van der Waals surface area contributed by atoms with Crippen LogP contribution in [0, 0.1) is 0 Å². The molecule has 0 aliphatic heterocycles. The molecule has 74 valence electrons. The van der Waals surface area contributed by atoms with Crippen molar-refractivity contribution in [1.82, 2.24) is 0 Å². The summed E-state index contributed by atoms with van der Waals surface area (Å²) in [7, 11) is 0. The second-order valence-electron chi connectivity index (χ2n) is 2.71. The molecular weight excluding hydrogens is 186 g/mol. The Kier molecular flexibility index (Phi) is 2.71. The second-order valence-corrected chi connectivity index (χ2v) is 2.71. The van der Waals surface area contributed by atoms with Crippen molar-refractivity contribution in [2.24, 2.45) is 0 Å². The molecule has 0 nitrogen and oxygen atoms in total. The average Bonchev–Trinajstić information content (AvgIpc) is 1.81. The zero-order chi connectivity index (χ0) is 10.2. The molecule has 0 aliphatic carbocycles. The number of rotatable bonds is 3. The quantitative estimate of drug-likeness (QED) is 0.606. The summed E-state index contributed by atoms with van der Waals surface area (Å²) in [5.41, 5.74) is -4.42. The zero-order valence-corrected chi connectivity index (χ0v) is 6.47. The van der Waals surface area contributed by atoms with E-state index in [0.717, 1.165) is 0 Å². The van der Waals surface area contributed by atoms with Gasteiger partial charge < -0.3 is 0 Å². The molecule has 0 fully saturated rings. The average molecular weight is 194 g/mol. The fourth-order valence-electron chi connectivity index (χ4n) is 0.620. The first-order valence-electron chi connectivity index (χ1n) is 3.07. The summed E-state index contributed by atoms with van der Waals surface area (Å²) in [6.07, 6.45) is 0. The molecule has 0 bridgehead atoms. The Bertz CT molecular complexity index is 138. The Balaban J connectivity index is 4.95. The highest BCUT2D eigenvalue weighted by atomic mass is 19.3. The van der Waals surface area contributed by atoms with Crippen molar-refractivity contribution in [1.29, 1.82) is 0 Å². The van der Waals surface area contributed by atoms with Gasteiger partial charge in [-0.15, -0.1) is 0 Å². The van der Waals surface area contributed by atoms with Gasteiger partial charge in [0.25, 0.3) is 17.5 Å². The van der Waals surface area contributed by atoms with Crippen molar-refractivity contribution in [3.8, 4) is 0 Å². The van der Waals surface area contributed by atoms with Gasteiger partial charge in [-0.3, -0.25) is 0 Å². The van der Waals surface area contributed by atoms with Crippen molar-refractivity contribution in [2.75, 3.05) is 6.67 Å². The van der Waals surface area contributed by atoms with Crippen molar-refractivity contribution in [2.45, 2.75) is 31.4 Å². The Morgan fingerprint density at radius 1 is 0.833 bits per heavy atom. The lowest BCUT2D eigenvalue weighted by Gasteiger charge is -2.33. The lowest BCUT2D eigenvalue weighted by atomic mass is 9.94. The van der Waals surface area contributed by atoms with E-state index in [1.165, 1.54) is 0 Å². The highest BCUT2D eigenvalue weighted by molar-refractivity contribution is 4.99. The minimum absolute atomic E-state index is 0.0794. The van der Waals surface area contributed by atoms with Gasteiger partial charge in [0.1, 0.15) is 6.67 Å². The van der Waals surface area contributed by atoms with Crippen LogP contribution in [0.2, 0.25) is 0 Å². The van der Waals surface area contributed by atoms with Gasteiger partial charge in [-0.25, -0.2) is 26.3 Å². The molecule has 6 heteroatoms. The predicted molar refractivity (Wildman–Crippen MR) is 31.1 cm³/mol. The molecule has 0 amide bonds. The summed E-state index contributed by atoms with van der Waals surface area (Å²) in [6, 6.07) is 0. The molecule has 0 aromatic carbocycles. The topological polar surface area (TPSA) is 0 Å². The van der Waals surface area contributed by atoms with Gasteiger partial charge in [0.2, 0.25) is 0 Å². The van der Waals surface area contributed by atoms with E-state index in [0.29, 0.717) is 0 Å². The molecule has 0 spiro atoms. The van der Waals surface area contributed by atoms with Gasteiger partial charge in [-0.1, -0.05) is 0 Å². The summed E-state index contributed by atoms with van der Waals surface area (Å²) in [5.74, 6) is -8.81. The fraction of sp³-hybridized carbons (Fsp3) is 1.00. The van der Waals surface area contributed by atoms with E-state index < -0.39 is 24.2 Å². The first-order chi connectivity index (χ1) is 5.06. The largest absolute Gasteiger partial charge is 0.287 e. The van der Waals surface area contributed by atoms with Gasteiger partial charge in [-0.2, -0.15) is 0 Å². The molecule has 0 N–H and O–H groups in total. The van der Waals surface area contributed by atoms with Crippen LogP contribution < -0.4 is 0 Å².